The SMILES string of the molecule is CCN(Cc1ccc2c(c1)OCO2)C(=O)C1CCN(c2ccccc2[N+](=O)[O-])CC1. The van der Waals surface area contributed by atoms with Crippen LogP contribution in [-0.2, 0) is 11.3 Å². The number of benzene rings is 2. The lowest BCUT2D eigenvalue weighted by atomic mass is 9.94. The zero-order chi connectivity index (χ0) is 21.1. The van der Waals surface area contributed by atoms with E-state index in [1.807, 2.05) is 41.0 Å². The number of nitro groups is 1. The summed E-state index contributed by atoms with van der Waals surface area (Å²) in [6.07, 6.45) is 1.37. The largest absolute Gasteiger partial charge is 0.454 e. The topological polar surface area (TPSA) is 85.2 Å². The molecule has 2 aromatic carbocycles. The van der Waals surface area contributed by atoms with Gasteiger partial charge in [0.15, 0.2) is 11.5 Å². The molecule has 4 rings (SSSR count). The summed E-state index contributed by atoms with van der Waals surface area (Å²) in [6.45, 7) is 4.61. The fourth-order valence-electron chi connectivity index (χ4n) is 4.12. The van der Waals surface area contributed by atoms with Crippen molar-refractivity contribution < 1.29 is 19.2 Å². The highest BCUT2D eigenvalue weighted by atomic mass is 16.7. The summed E-state index contributed by atoms with van der Waals surface area (Å²) in [5.74, 6) is 1.51. The van der Waals surface area contributed by atoms with Gasteiger partial charge in [-0.05, 0) is 43.5 Å². The summed E-state index contributed by atoms with van der Waals surface area (Å²) in [4.78, 5) is 28.0. The van der Waals surface area contributed by atoms with Crippen LogP contribution in [0.15, 0.2) is 42.5 Å². The first-order valence-electron chi connectivity index (χ1n) is 10.2. The van der Waals surface area contributed by atoms with Crippen LogP contribution in [0, 0.1) is 16.0 Å². The Kier molecular flexibility index (Phi) is 5.74. The number of fused-ring (bicyclic) bond motifs is 1. The molecule has 2 aliphatic heterocycles. The molecule has 1 saturated heterocycles. The Labute approximate surface area is 175 Å². The number of hydrogen-bond acceptors (Lipinski definition) is 6. The van der Waals surface area contributed by atoms with Crippen molar-refractivity contribution in [3.63, 3.8) is 0 Å². The molecule has 0 radical (unpaired) electrons. The molecule has 0 aliphatic carbocycles. The third-order valence-corrected chi connectivity index (χ3v) is 5.77. The van der Waals surface area contributed by atoms with Crippen molar-refractivity contribution in [1.82, 2.24) is 4.90 Å². The number of nitro benzene ring substituents is 1. The van der Waals surface area contributed by atoms with E-state index in [9.17, 15) is 14.9 Å². The molecule has 2 aliphatic rings. The van der Waals surface area contributed by atoms with Gasteiger partial charge in [0.25, 0.3) is 5.69 Å². The van der Waals surface area contributed by atoms with Gasteiger partial charge in [0.2, 0.25) is 12.7 Å². The maximum atomic E-state index is 13.1. The molecule has 0 N–H and O–H groups in total. The van der Waals surface area contributed by atoms with Crippen molar-refractivity contribution in [3.8, 4) is 11.5 Å². The Morgan fingerprint density at radius 1 is 1.17 bits per heavy atom. The van der Waals surface area contributed by atoms with E-state index >= 15 is 0 Å². The highest BCUT2D eigenvalue weighted by Crippen LogP contribution is 2.34. The van der Waals surface area contributed by atoms with Gasteiger partial charge < -0.3 is 19.3 Å². The van der Waals surface area contributed by atoms with E-state index in [1.54, 1.807) is 12.1 Å². The second kappa shape index (κ2) is 8.61. The number of nitrogens with zero attached hydrogens (tertiary/aromatic N) is 3. The van der Waals surface area contributed by atoms with Crippen LogP contribution in [0.2, 0.25) is 0 Å². The predicted octanol–water partition coefficient (Wildman–Crippen LogP) is 3.59. The van der Waals surface area contributed by atoms with Gasteiger partial charge in [-0.25, -0.2) is 0 Å². The lowest BCUT2D eigenvalue weighted by molar-refractivity contribution is -0.384. The molecule has 8 nitrogen and oxygen atoms in total. The van der Waals surface area contributed by atoms with Crippen molar-refractivity contribution in [2.75, 3.05) is 31.3 Å². The average molecular weight is 411 g/mol. The standard InChI is InChI=1S/C22H25N3O5/c1-2-23(14-16-7-8-20-21(13-16)30-15-29-20)22(26)17-9-11-24(12-10-17)18-5-3-4-6-19(18)25(27)28/h3-8,13,17H,2,9-12,14-15H2,1H3. The minimum absolute atomic E-state index is 0.0713. The van der Waals surface area contributed by atoms with Crippen molar-refractivity contribution in [2.24, 2.45) is 5.92 Å². The monoisotopic (exact) mass is 411 g/mol. The third kappa shape index (κ3) is 4.03. The van der Waals surface area contributed by atoms with Crippen molar-refractivity contribution in [2.45, 2.75) is 26.3 Å². The smallest absolute Gasteiger partial charge is 0.292 e. The number of anilines is 1. The molecular weight excluding hydrogens is 386 g/mol. The molecule has 8 heteroatoms. The highest BCUT2D eigenvalue weighted by Gasteiger charge is 2.30. The first kappa shape index (κ1) is 20.0. The molecule has 0 saturated carbocycles. The maximum absolute atomic E-state index is 13.1. The highest BCUT2D eigenvalue weighted by molar-refractivity contribution is 5.79. The van der Waals surface area contributed by atoms with Crippen molar-refractivity contribution in [3.05, 3.63) is 58.1 Å². The second-order valence-corrected chi connectivity index (χ2v) is 7.55. The van der Waals surface area contributed by atoms with Gasteiger partial charge in [0.1, 0.15) is 5.69 Å². The molecule has 30 heavy (non-hydrogen) atoms. The number of ether oxygens (including phenoxy) is 2. The van der Waals surface area contributed by atoms with Gasteiger partial charge in [-0.1, -0.05) is 18.2 Å². The zero-order valence-electron chi connectivity index (χ0n) is 17.0. The summed E-state index contributed by atoms with van der Waals surface area (Å²) >= 11 is 0. The van der Waals surface area contributed by atoms with E-state index in [4.69, 9.17) is 9.47 Å². The summed E-state index contributed by atoms with van der Waals surface area (Å²) in [7, 11) is 0. The van der Waals surface area contributed by atoms with Crippen LogP contribution in [0.1, 0.15) is 25.3 Å². The number of piperidine rings is 1. The number of carbonyl (C=O) groups excluding carboxylic acids is 1. The zero-order valence-corrected chi connectivity index (χ0v) is 17.0. The number of carbonyl (C=O) groups is 1. The van der Waals surface area contributed by atoms with Crippen molar-refractivity contribution >= 4 is 17.3 Å². The lowest BCUT2D eigenvalue weighted by Gasteiger charge is -2.35. The Bertz CT molecular complexity index is 940. The van der Waals surface area contributed by atoms with Crippen LogP contribution in [0.4, 0.5) is 11.4 Å². The van der Waals surface area contributed by atoms with Gasteiger partial charge in [-0.15, -0.1) is 0 Å². The number of amides is 1. The van der Waals surface area contributed by atoms with Crippen molar-refractivity contribution in [1.29, 1.82) is 0 Å². The Morgan fingerprint density at radius 3 is 2.63 bits per heavy atom. The van der Waals surface area contributed by atoms with Gasteiger partial charge >= 0.3 is 0 Å². The van der Waals surface area contributed by atoms with Crippen LogP contribution >= 0.6 is 0 Å². The van der Waals surface area contributed by atoms with Crippen LogP contribution in [0.3, 0.4) is 0 Å². The van der Waals surface area contributed by atoms with E-state index < -0.39 is 0 Å². The Hall–Kier alpha value is -3.29. The van der Waals surface area contributed by atoms with Crippen LogP contribution in [0.5, 0.6) is 11.5 Å². The second-order valence-electron chi connectivity index (χ2n) is 7.55. The molecule has 2 aromatic rings. The molecule has 0 atom stereocenters. The molecule has 2 heterocycles. The third-order valence-electron chi connectivity index (χ3n) is 5.77. The van der Waals surface area contributed by atoms with E-state index in [2.05, 4.69) is 0 Å². The number of rotatable bonds is 6. The minimum atomic E-state index is -0.350. The molecule has 1 fully saturated rings. The average Bonchev–Trinajstić information content (AvgIpc) is 3.25. The first-order chi connectivity index (χ1) is 14.6. The number of hydrogen-bond donors (Lipinski definition) is 0. The van der Waals surface area contributed by atoms with Crippen LogP contribution in [0.25, 0.3) is 0 Å². The number of para-hydroxylation sites is 2. The van der Waals surface area contributed by atoms with Gasteiger partial charge in [-0.2, -0.15) is 0 Å². The van der Waals surface area contributed by atoms with E-state index in [-0.39, 0.29) is 29.2 Å². The van der Waals surface area contributed by atoms with Gasteiger partial charge in [-0.3, -0.25) is 14.9 Å². The maximum Gasteiger partial charge on any atom is 0.292 e. The van der Waals surface area contributed by atoms with E-state index in [0.29, 0.717) is 50.5 Å². The molecule has 158 valence electrons. The quantitative estimate of drug-likeness (QED) is 0.533. The molecule has 0 unspecified atom stereocenters. The van der Waals surface area contributed by atoms with E-state index in [1.165, 1.54) is 6.07 Å². The minimum Gasteiger partial charge on any atom is -0.454 e. The molecule has 0 bridgehead atoms. The summed E-state index contributed by atoms with van der Waals surface area (Å²) in [5.41, 5.74) is 1.74. The van der Waals surface area contributed by atoms with Crippen LogP contribution < -0.4 is 14.4 Å². The molecule has 0 aromatic heterocycles. The van der Waals surface area contributed by atoms with Crippen LogP contribution in [-0.4, -0.2) is 42.2 Å². The fourth-order valence-corrected chi connectivity index (χ4v) is 4.12. The Morgan fingerprint density at radius 2 is 1.90 bits per heavy atom. The van der Waals surface area contributed by atoms with E-state index in [0.717, 1.165) is 11.3 Å². The normalized spacial score (nSPS) is 15.8. The summed E-state index contributed by atoms with van der Waals surface area (Å²) < 4.78 is 10.8. The molecule has 1 amide bonds. The van der Waals surface area contributed by atoms with Gasteiger partial charge in [0, 0.05) is 38.2 Å². The Balaban J connectivity index is 1.39. The lowest BCUT2D eigenvalue weighted by Crippen LogP contribution is -2.42. The predicted molar refractivity (Wildman–Crippen MR) is 112 cm³/mol. The van der Waals surface area contributed by atoms with Gasteiger partial charge in [0.05, 0.1) is 4.92 Å². The molecular formula is C22H25N3O5. The first-order valence-corrected chi connectivity index (χ1v) is 10.2. The summed E-state index contributed by atoms with van der Waals surface area (Å²) in [6, 6.07) is 12.5. The molecule has 0 spiro atoms. The summed E-state index contributed by atoms with van der Waals surface area (Å²) in [5, 5.41) is 11.3. The fraction of sp³-hybridized carbons (Fsp3) is 0.409.